The fourth-order valence-electron chi connectivity index (χ4n) is 2.54. The fourth-order valence-corrected chi connectivity index (χ4v) is 2.54. The van der Waals surface area contributed by atoms with Crippen LogP contribution >= 0.6 is 0 Å². The summed E-state index contributed by atoms with van der Waals surface area (Å²) in [7, 11) is 1.33. The van der Waals surface area contributed by atoms with E-state index in [-0.39, 0.29) is 5.78 Å². The van der Waals surface area contributed by atoms with Gasteiger partial charge in [0.25, 0.3) is 0 Å². The van der Waals surface area contributed by atoms with Crippen LogP contribution in [0.15, 0.2) is 42.0 Å². The normalized spacial score (nSPS) is 22.4. The Labute approximate surface area is 106 Å². The Hall–Kier alpha value is -1.90. The van der Waals surface area contributed by atoms with Gasteiger partial charge in [0.15, 0.2) is 11.2 Å². The Morgan fingerprint density at radius 2 is 1.89 bits per heavy atom. The number of carbonyl (C=O) groups excluding carboxylic acids is 2. The van der Waals surface area contributed by atoms with Gasteiger partial charge in [-0.3, -0.25) is 9.59 Å². The third-order valence-corrected chi connectivity index (χ3v) is 3.60. The maximum atomic E-state index is 12.6. The SMILES string of the molecule is COC(=O)C1(C(=O)c2ccccc2)CCC=C1C. The molecular formula is C15H16O3. The van der Waals surface area contributed by atoms with Crippen molar-refractivity contribution in [2.24, 2.45) is 5.41 Å². The average molecular weight is 244 g/mol. The van der Waals surface area contributed by atoms with Gasteiger partial charge in [-0.25, -0.2) is 0 Å². The number of ether oxygens (including phenoxy) is 1. The van der Waals surface area contributed by atoms with E-state index in [2.05, 4.69) is 0 Å². The highest BCUT2D eigenvalue weighted by Crippen LogP contribution is 2.42. The summed E-state index contributed by atoms with van der Waals surface area (Å²) < 4.78 is 4.85. The summed E-state index contributed by atoms with van der Waals surface area (Å²) in [5, 5.41) is 0. The summed E-state index contributed by atoms with van der Waals surface area (Å²) in [6.45, 7) is 1.82. The van der Waals surface area contributed by atoms with Crippen LogP contribution < -0.4 is 0 Å². The molecule has 1 aliphatic carbocycles. The Bertz CT molecular complexity index is 502. The number of hydrogen-bond donors (Lipinski definition) is 0. The Balaban J connectivity index is 2.47. The van der Waals surface area contributed by atoms with Crippen molar-refractivity contribution in [1.82, 2.24) is 0 Å². The Morgan fingerprint density at radius 3 is 2.39 bits per heavy atom. The number of benzene rings is 1. The van der Waals surface area contributed by atoms with Crippen molar-refractivity contribution < 1.29 is 14.3 Å². The molecule has 1 unspecified atom stereocenters. The minimum absolute atomic E-state index is 0.166. The highest BCUT2D eigenvalue weighted by Gasteiger charge is 2.50. The molecule has 1 aromatic rings. The maximum absolute atomic E-state index is 12.6. The largest absolute Gasteiger partial charge is 0.468 e. The van der Waals surface area contributed by atoms with E-state index in [1.165, 1.54) is 7.11 Å². The lowest BCUT2D eigenvalue weighted by molar-refractivity contribution is -0.147. The van der Waals surface area contributed by atoms with Crippen LogP contribution in [-0.2, 0) is 9.53 Å². The Morgan fingerprint density at radius 1 is 1.22 bits per heavy atom. The molecule has 18 heavy (non-hydrogen) atoms. The molecular weight excluding hydrogens is 228 g/mol. The molecule has 0 amide bonds. The Kier molecular flexibility index (Phi) is 3.32. The van der Waals surface area contributed by atoms with Gasteiger partial charge in [-0.15, -0.1) is 0 Å². The van der Waals surface area contributed by atoms with E-state index < -0.39 is 11.4 Å². The number of rotatable bonds is 3. The van der Waals surface area contributed by atoms with Crippen LogP contribution in [0.4, 0.5) is 0 Å². The van der Waals surface area contributed by atoms with Crippen LogP contribution in [0.25, 0.3) is 0 Å². The maximum Gasteiger partial charge on any atom is 0.323 e. The van der Waals surface area contributed by atoms with Crippen molar-refractivity contribution in [2.45, 2.75) is 19.8 Å². The van der Waals surface area contributed by atoms with Crippen LogP contribution in [0.1, 0.15) is 30.1 Å². The van der Waals surface area contributed by atoms with Crippen LogP contribution in [0.3, 0.4) is 0 Å². The van der Waals surface area contributed by atoms with E-state index in [0.29, 0.717) is 12.0 Å². The molecule has 0 fully saturated rings. The molecule has 1 aliphatic rings. The van der Waals surface area contributed by atoms with E-state index in [1.54, 1.807) is 24.3 Å². The van der Waals surface area contributed by atoms with E-state index in [4.69, 9.17) is 4.74 Å². The molecule has 0 radical (unpaired) electrons. The zero-order valence-corrected chi connectivity index (χ0v) is 10.6. The molecule has 0 aromatic heterocycles. The van der Waals surface area contributed by atoms with Crippen LogP contribution in [-0.4, -0.2) is 18.9 Å². The summed E-state index contributed by atoms with van der Waals surface area (Å²) in [6.07, 6.45) is 3.18. The minimum Gasteiger partial charge on any atom is -0.468 e. The van der Waals surface area contributed by atoms with Crippen molar-refractivity contribution in [3.8, 4) is 0 Å². The van der Waals surface area contributed by atoms with Crippen LogP contribution in [0.2, 0.25) is 0 Å². The minimum atomic E-state index is -1.11. The molecule has 0 N–H and O–H groups in total. The third kappa shape index (κ3) is 1.76. The summed E-state index contributed by atoms with van der Waals surface area (Å²) in [6, 6.07) is 8.91. The first kappa shape index (κ1) is 12.6. The summed E-state index contributed by atoms with van der Waals surface area (Å²) >= 11 is 0. The number of ketones is 1. The molecule has 0 saturated carbocycles. The molecule has 1 atom stereocenters. The van der Waals surface area contributed by atoms with Gasteiger partial charge in [-0.2, -0.15) is 0 Å². The molecule has 0 bridgehead atoms. The van der Waals surface area contributed by atoms with Gasteiger partial charge < -0.3 is 4.74 Å². The fraction of sp³-hybridized carbons (Fsp3) is 0.333. The van der Waals surface area contributed by atoms with E-state index in [1.807, 2.05) is 19.1 Å². The number of methoxy groups -OCH3 is 1. The highest BCUT2D eigenvalue weighted by atomic mass is 16.5. The predicted octanol–water partition coefficient (Wildman–Crippen LogP) is 2.77. The average Bonchev–Trinajstić information content (AvgIpc) is 2.81. The summed E-state index contributed by atoms with van der Waals surface area (Å²) in [5.41, 5.74) is 0.233. The lowest BCUT2D eigenvalue weighted by Gasteiger charge is -2.26. The first-order valence-electron chi connectivity index (χ1n) is 5.98. The lowest BCUT2D eigenvalue weighted by atomic mass is 9.75. The van der Waals surface area contributed by atoms with Gasteiger partial charge in [-0.05, 0) is 19.8 Å². The lowest BCUT2D eigenvalue weighted by Crippen LogP contribution is -2.39. The third-order valence-electron chi connectivity index (χ3n) is 3.60. The van der Waals surface area contributed by atoms with Crippen molar-refractivity contribution in [2.75, 3.05) is 7.11 Å². The standard InChI is InChI=1S/C15H16O3/c1-11-7-6-10-15(11,14(17)18-2)13(16)12-8-4-3-5-9-12/h3-5,7-9H,6,10H2,1-2H3. The number of carbonyl (C=O) groups is 2. The van der Waals surface area contributed by atoms with Crippen molar-refractivity contribution in [3.05, 3.63) is 47.5 Å². The molecule has 94 valence electrons. The van der Waals surface area contributed by atoms with E-state index >= 15 is 0 Å². The topological polar surface area (TPSA) is 43.4 Å². The van der Waals surface area contributed by atoms with E-state index in [9.17, 15) is 9.59 Å². The molecule has 1 aromatic carbocycles. The summed E-state index contributed by atoms with van der Waals surface area (Å²) in [5.74, 6) is -0.621. The van der Waals surface area contributed by atoms with Crippen molar-refractivity contribution in [3.63, 3.8) is 0 Å². The quantitative estimate of drug-likeness (QED) is 0.355. The first-order valence-corrected chi connectivity index (χ1v) is 5.98. The molecule has 0 spiro atoms. The predicted molar refractivity (Wildman–Crippen MR) is 68.2 cm³/mol. The number of esters is 1. The van der Waals surface area contributed by atoms with Gasteiger partial charge in [0, 0.05) is 5.56 Å². The van der Waals surface area contributed by atoms with Crippen LogP contribution in [0, 0.1) is 5.41 Å². The van der Waals surface area contributed by atoms with Gasteiger partial charge in [0.1, 0.15) is 0 Å². The van der Waals surface area contributed by atoms with Crippen molar-refractivity contribution >= 4 is 11.8 Å². The zero-order valence-electron chi connectivity index (χ0n) is 10.6. The number of hydrogen-bond acceptors (Lipinski definition) is 3. The molecule has 0 saturated heterocycles. The number of Topliss-reactive ketones (excluding diaryl/α,β-unsaturated/α-hetero) is 1. The second-order valence-electron chi connectivity index (χ2n) is 4.52. The second-order valence-corrected chi connectivity index (χ2v) is 4.52. The molecule has 3 nitrogen and oxygen atoms in total. The highest BCUT2D eigenvalue weighted by molar-refractivity contribution is 6.15. The second kappa shape index (κ2) is 4.77. The molecule has 3 heteroatoms. The monoisotopic (exact) mass is 244 g/mol. The van der Waals surface area contributed by atoms with Gasteiger partial charge in [-0.1, -0.05) is 42.0 Å². The van der Waals surface area contributed by atoms with E-state index in [0.717, 1.165) is 12.0 Å². The molecule has 0 heterocycles. The first-order chi connectivity index (χ1) is 8.63. The van der Waals surface area contributed by atoms with Gasteiger partial charge >= 0.3 is 5.97 Å². The smallest absolute Gasteiger partial charge is 0.323 e. The van der Waals surface area contributed by atoms with Gasteiger partial charge in [0.05, 0.1) is 7.11 Å². The zero-order chi connectivity index (χ0) is 13.2. The van der Waals surface area contributed by atoms with Crippen LogP contribution in [0.5, 0.6) is 0 Å². The van der Waals surface area contributed by atoms with Crippen molar-refractivity contribution in [1.29, 1.82) is 0 Å². The molecule has 0 aliphatic heterocycles. The molecule has 2 rings (SSSR count). The number of allylic oxidation sites excluding steroid dienone is 1. The summed E-state index contributed by atoms with van der Waals surface area (Å²) in [4.78, 5) is 24.7. The van der Waals surface area contributed by atoms with Gasteiger partial charge in [0.2, 0.25) is 0 Å².